The highest BCUT2D eigenvalue weighted by Gasteiger charge is 2.31. The van der Waals surface area contributed by atoms with Crippen LogP contribution >= 0.6 is 71.0 Å². The van der Waals surface area contributed by atoms with Crippen molar-refractivity contribution < 1.29 is 0 Å². The number of halogens is 5. The Hall–Kier alpha value is 0.460. The first-order valence-electron chi connectivity index (χ1n) is 6.33. The van der Waals surface area contributed by atoms with Crippen LogP contribution < -0.4 is 0 Å². The molecular weight excluding hydrogens is 503 g/mol. The normalized spacial score (nSPS) is 11.7. The van der Waals surface area contributed by atoms with Gasteiger partial charge in [0.1, 0.15) is 0 Å². The van der Waals surface area contributed by atoms with Gasteiger partial charge in [0, 0.05) is 20.5 Å². The van der Waals surface area contributed by atoms with Gasteiger partial charge in [0.15, 0.2) is 0 Å². The maximum atomic E-state index is 6.36. The molecule has 0 aliphatic rings. The maximum absolute atomic E-state index is 6.36. The first kappa shape index (κ1) is 17.8. The molecule has 0 aromatic heterocycles. The third-order valence-corrected chi connectivity index (χ3v) is 7.01. The minimum absolute atomic E-state index is 0.0852. The van der Waals surface area contributed by atoms with E-state index in [9.17, 15) is 0 Å². The van der Waals surface area contributed by atoms with Gasteiger partial charge in [0.05, 0.1) is 10.0 Å². The lowest BCUT2D eigenvalue weighted by Crippen LogP contribution is -2.33. The molecule has 21 heavy (non-hydrogen) atoms. The predicted molar refractivity (Wildman–Crippen MR) is 104 cm³/mol. The molecule has 0 amide bonds. The highest BCUT2D eigenvalue weighted by atomic mass is 79.9. The van der Waals surface area contributed by atoms with E-state index >= 15 is 0 Å². The molecule has 0 radical (unpaired) electrons. The van der Waals surface area contributed by atoms with Gasteiger partial charge in [-0.25, -0.2) is 0 Å². The van der Waals surface area contributed by atoms with Gasteiger partial charge in [-0.1, -0.05) is 95.3 Å². The predicted octanol–water partition coefficient (Wildman–Crippen LogP) is 7.03. The van der Waals surface area contributed by atoms with E-state index in [0.717, 1.165) is 27.1 Å². The van der Waals surface area contributed by atoms with Gasteiger partial charge in [-0.2, -0.15) is 0 Å². The molecule has 0 spiro atoms. The van der Waals surface area contributed by atoms with Crippen LogP contribution in [0.25, 0.3) is 0 Å². The third-order valence-electron chi connectivity index (χ3n) is 3.51. The minimum Gasteiger partial charge on any atom is -0.0918 e. The van der Waals surface area contributed by atoms with Crippen molar-refractivity contribution in [1.29, 1.82) is 0 Å². The van der Waals surface area contributed by atoms with Crippen molar-refractivity contribution in [3.63, 3.8) is 0 Å². The second-order valence-corrected chi connectivity index (χ2v) is 7.77. The minimum atomic E-state index is -0.0852. The van der Waals surface area contributed by atoms with E-state index in [4.69, 9.17) is 23.2 Å². The van der Waals surface area contributed by atoms with Gasteiger partial charge in [-0.3, -0.25) is 0 Å². The van der Waals surface area contributed by atoms with Crippen molar-refractivity contribution in [3.8, 4) is 0 Å². The Labute approximate surface area is 160 Å². The van der Waals surface area contributed by atoms with Crippen molar-refractivity contribution >= 4 is 71.0 Å². The van der Waals surface area contributed by atoms with Crippen molar-refractivity contribution in [3.05, 3.63) is 68.1 Å². The lowest BCUT2D eigenvalue weighted by molar-refractivity contribution is 0.551. The van der Waals surface area contributed by atoms with Crippen LogP contribution in [0.3, 0.4) is 0 Å². The second-order valence-electron chi connectivity index (χ2n) is 4.95. The van der Waals surface area contributed by atoms with E-state index in [-0.39, 0.29) is 5.41 Å². The zero-order valence-electron chi connectivity index (χ0n) is 11.1. The van der Waals surface area contributed by atoms with Crippen LogP contribution in [-0.4, -0.2) is 10.7 Å². The highest BCUT2D eigenvalue weighted by Crippen LogP contribution is 2.37. The summed E-state index contributed by atoms with van der Waals surface area (Å²) < 4.78 is 1.07. The van der Waals surface area contributed by atoms with Crippen molar-refractivity contribution in [2.24, 2.45) is 0 Å². The molecule has 0 aliphatic carbocycles. The molecule has 0 fully saturated rings. The van der Waals surface area contributed by atoms with Crippen LogP contribution in [0.5, 0.6) is 0 Å². The van der Waals surface area contributed by atoms with Crippen LogP contribution in [-0.2, 0) is 11.8 Å². The Kier molecular flexibility index (Phi) is 6.64. The summed E-state index contributed by atoms with van der Waals surface area (Å²) in [7, 11) is 0. The van der Waals surface area contributed by atoms with Gasteiger partial charge >= 0.3 is 0 Å². The molecule has 0 saturated carbocycles. The van der Waals surface area contributed by atoms with E-state index in [0.29, 0.717) is 10.0 Å². The van der Waals surface area contributed by atoms with Gasteiger partial charge < -0.3 is 0 Å². The quantitative estimate of drug-likeness (QED) is 0.375. The zero-order chi connectivity index (χ0) is 15.5. The van der Waals surface area contributed by atoms with E-state index in [1.54, 1.807) is 0 Å². The summed E-state index contributed by atoms with van der Waals surface area (Å²) in [5.41, 5.74) is 2.22. The largest absolute Gasteiger partial charge is 0.0918 e. The standard InChI is InChI=1S/C16H13Br3Cl2/c17-9-16(10-18,12-4-2-5-13(19)7-12)8-11-3-1-6-14(20)15(11)21/h1-7H,8-10H2. The molecule has 0 nitrogen and oxygen atoms in total. The summed E-state index contributed by atoms with van der Waals surface area (Å²) in [5.74, 6) is 0. The summed E-state index contributed by atoms with van der Waals surface area (Å²) in [5, 5.41) is 2.89. The van der Waals surface area contributed by atoms with Gasteiger partial charge in [0.25, 0.3) is 0 Å². The maximum Gasteiger partial charge on any atom is 0.0624 e. The Morgan fingerprint density at radius 1 is 0.952 bits per heavy atom. The fourth-order valence-electron chi connectivity index (χ4n) is 2.25. The number of alkyl halides is 2. The summed E-state index contributed by atoms with van der Waals surface area (Å²) in [4.78, 5) is 0. The van der Waals surface area contributed by atoms with E-state index in [1.807, 2.05) is 24.3 Å². The molecule has 2 rings (SSSR count). The van der Waals surface area contributed by atoms with E-state index < -0.39 is 0 Å². The van der Waals surface area contributed by atoms with Crippen LogP contribution in [0.2, 0.25) is 10.0 Å². The van der Waals surface area contributed by atoms with Crippen molar-refractivity contribution in [1.82, 2.24) is 0 Å². The lowest BCUT2D eigenvalue weighted by Gasteiger charge is -2.31. The van der Waals surface area contributed by atoms with Gasteiger partial charge in [-0.05, 0) is 35.7 Å². The van der Waals surface area contributed by atoms with Crippen molar-refractivity contribution in [2.75, 3.05) is 10.7 Å². The molecule has 0 atom stereocenters. The monoisotopic (exact) mass is 512 g/mol. The summed E-state index contributed by atoms with van der Waals surface area (Å²) in [6.45, 7) is 0. The molecular formula is C16H13Br3Cl2. The fraction of sp³-hybridized carbons (Fsp3) is 0.250. The summed E-state index contributed by atoms with van der Waals surface area (Å²) in [6, 6.07) is 14.2. The van der Waals surface area contributed by atoms with Crippen molar-refractivity contribution in [2.45, 2.75) is 11.8 Å². The third kappa shape index (κ3) is 4.06. The Morgan fingerprint density at radius 2 is 1.62 bits per heavy atom. The van der Waals surface area contributed by atoms with Crippen LogP contribution in [0.15, 0.2) is 46.9 Å². The Balaban J connectivity index is 2.45. The average molecular weight is 516 g/mol. The molecule has 0 aliphatic heterocycles. The number of benzene rings is 2. The number of hydrogen-bond acceptors (Lipinski definition) is 0. The highest BCUT2D eigenvalue weighted by molar-refractivity contribution is 9.10. The topological polar surface area (TPSA) is 0 Å². The molecule has 2 aromatic carbocycles. The van der Waals surface area contributed by atoms with Crippen LogP contribution in [0.1, 0.15) is 11.1 Å². The smallest absolute Gasteiger partial charge is 0.0624 e. The summed E-state index contributed by atoms with van der Waals surface area (Å²) >= 11 is 23.4. The first-order chi connectivity index (χ1) is 10.0. The zero-order valence-corrected chi connectivity index (χ0v) is 17.3. The first-order valence-corrected chi connectivity index (χ1v) is 10.1. The Morgan fingerprint density at radius 3 is 2.24 bits per heavy atom. The molecule has 0 heterocycles. The fourth-order valence-corrected chi connectivity index (χ4v) is 5.01. The molecule has 0 unspecified atom stereocenters. The summed E-state index contributed by atoms with van der Waals surface area (Å²) in [6.07, 6.45) is 0.805. The molecule has 2 aromatic rings. The molecule has 0 saturated heterocycles. The SMILES string of the molecule is Clc1cccc(CC(CBr)(CBr)c2cccc(Br)c2)c1Cl. The number of hydrogen-bond donors (Lipinski definition) is 0. The van der Waals surface area contributed by atoms with Crippen LogP contribution in [0.4, 0.5) is 0 Å². The van der Waals surface area contributed by atoms with Gasteiger partial charge in [0.2, 0.25) is 0 Å². The lowest BCUT2D eigenvalue weighted by atomic mass is 9.79. The number of rotatable bonds is 5. The van der Waals surface area contributed by atoms with E-state index in [1.165, 1.54) is 5.56 Å². The molecule has 0 bridgehead atoms. The Bertz CT molecular complexity index is 625. The van der Waals surface area contributed by atoms with Crippen LogP contribution in [0, 0.1) is 0 Å². The van der Waals surface area contributed by atoms with Gasteiger partial charge in [-0.15, -0.1) is 0 Å². The second kappa shape index (κ2) is 7.83. The molecule has 5 heteroatoms. The average Bonchev–Trinajstić information content (AvgIpc) is 2.49. The molecule has 112 valence electrons. The molecule has 0 N–H and O–H groups in total. The van der Waals surface area contributed by atoms with E-state index in [2.05, 4.69) is 66.0 Å².